The van der Waals surface area contributed by atoms with E-state index < -0.39 is 0 Å². The molecular formula is C19H18FNS. The molecule has 112 valence electrons. The number of halogens is 1. The normalized spacial score (nSPS) is 15.5. The average Bonchev–Trinajstić information content (AvgIpc) is 2.79. The van der Waals surface area contributed by atoms with Gasteiger partial charge < -0.3 is 5.73 Å². The first-order valence-corrected chi connectivity index (χ1v) is 8.42. The van der Waals surface area contributed by atoms with Gasteiger partial charge >= 0.3 is 0 Å². The summed E-state index contributed by atoms with van der Waals surface area (Å²) in [6.45, 7) is 2.48. The van der Waals surface area contributed by atoms with E-state index >= 15 is 0 Å². The zero-order valence-electron chi connectivity index (χ0n) is 12.7. The summed E-state index contributed by atoms with van der Waals surface area (Å²) in [5.74, 6) is -0.219. The summed E-state index contributed by atoms with van der Waals surface area (Å²) in [7, 11) is 0. The molecular weight excluding hydrogens is 293 g/mol. The van der Waals surface area contributed by atoms with Gasteiger partial charge in [0.1, 0.15) is 5.82 Å². The SMILES string of the molecule is CSc1ccc(C=C2C(C)=C(CN)c3cc(F)ccc32)cc1. The van der Waals surface area contributed by atoms with Crippen molar-refractivity contribution in [3.05, 3.63) is 70.5 Å². The predicted octanol–water partition coefficient (Wildman–Crippen LogP) is 4.83. The molecule has 0 fully saturated rings. The van der Waals surface area contributed by atoms with Crippen molar-refractivity contribution < 1.29 is 4.39 Å². The van der Waals surface area contributed by atoms with Crippen LogP contribution in [0, 0.1) is 5.82 Å². The Morgan fingerprint density at radius 2 is 1.82 bits per heavy atom. The average molecular weight is 311 g/mol. The molecule has 0 aliphatic heterocycles. The third-order valence-electron chi connectivity index (χ3n) is 4.08. The monoisotopic (exact) mass is 311 g/mol. The van der Waals surface area contributed by atoms with Gasteiger partial charge in [0.05, 0.1) is 0 Å². The Balaban J connectivity index is 2.10. The molecule has 1 aliphatic rings. The lowest BCUT2D eigenvalue weighted by Crippen LogP contribution is -2.02. The summed E-state index contributed by atoms with van der Waals surface area (Å²) in [5, 5.41) is 0. The molecule has 3 heteroatoms. The topological polar surface area (TPSA) is 26.0 Å². The molecule has 1 aliphatic carbocycles. The standard InChI is InChI=1S/C19H18FNS/c1-12-17(9-13-3-6-15(22-2)7-4-13)16-8-5-14(20)10-18(16)19(12)11-21/h3-10H,11,21H2,1-2H3. The third kappa shape index (κ3) is 2.62. The van der Waals surface area contributed by atoms with Crippen LogP contribution in [0.4, 0.5) is 4.39 Å². The number of rotatable bonds is 3. The largest absolute Gasteiger partial charge is 0.326 e. The van der Waals surface area contributed by atoms with E-state index in [1.54, 1.807) is 17.8 Å². The Morgan fingerprint density at radius 3 is 2.45 bits per heavy atom. The number of nitrogens with two attached hydrogens (primary N) is 1. The molecule has 0 radical (unpaired) electrons. The van der Waals surface area contributed by atoms with Crippen molar-refractivity contribution in [3.63, 3.8) is 0 Å². The van der Waals surface area contributed by atoms with Gasteiger partial charge in [-0.2, -0.15) is 0 Å². The van der Waals surface area contributed by atoms with Gasteiger partial charge in [0.15, 0.2) is 0 Å². The quantitative estimate of drug-likeness (QED) is 0.821. The van der Waals surface area contributed by atoms with E-state index in [1.807, 2.05) is 6.07 Å². The van der Waals surface area contributed by atoms with Crippen LogP contribution < -0.4 is 5.73 Å². The van der Waals surface area contributed by atoms with Crippen molar-refractivity contribution in [1.29, 1.82) is 0 Å². The molecule has 0 atom stereocenters. The Morgan fingerprint density at radius 1 is 1.09 bits per heavy atom. The van der Waals surface area contributed by atoms with Gasteiger partial charge in [-0.05, 0) is 76.9 Å². The number of allylic oxidation sites excluding steroid dienone is 2. The summed E-state index contributed by atoms with van der Waals surface area (Å²) >= 11 is 1.73. The minimum Gasteiger partial charge on any atom is -0.326 e. The molecule has 0 amide bonds. The molecule has 2 N–H and O–H groups in total. The maximum atomic E-state index is 13.6. The van der Waals surface area contributed by atoms with Crippen molar-refractivity contribution >= 4 is 29.0 Å². The third-order valence-corrected chi connectivity index (χ3v) is 4.83. The predicted molar refractivity (Wildman–Crippen MR) is 94.1 cm³/mol. The van der Waals surface area contributed by atoms with Crippen molar-refractivity contribution in [2.24, 2.45) is 5.73 Å². The lowest BCUT2D eigenvalue weighted by Gasteiger charge is -2.05. The Kier molecular flexibility index (Phi) is 4.19. The van der Waals surface area contributed by atoms with Crippen molar-refractivity contribution in [2.45, 2.75) is 11.8 Å². The first kappa shape index (κ1) is 15.1. The van der Waals surface area contributed by atoms with Crippen LogP contribution >= 0.6 is 11.8 Å². The highest BCUT2D eigenvalue weighted by molar-refractivity contribution is 7.98. The maximum Gasteiger partial charge on any atom is 0.123 e. The van der Waals surface area contributed by atoms with Crippen LogP contribution in [0.5, 0.6) is 0 Å². The van der Waals surface area contributed by atoms with Gasteiger partial charge in [0.2, 0.25) is 0 Å². The van der Waals surface area contributed by atoms with E-state index in [9.17, 15) is 4.39 Å². The van der Waals surface area contributed by atoms with E-state index in [-0.39, 0.29) is 5.82 Å². The lowest BCUT2D eigenvalue weighted by molar-refractivity contribution is 0.627. The minimum absolute atomic E-state index is 0.219. The van der Waals surface area contributed by atoms with Crippen LogP contribution in [-0.4, -0.2) is 12.8 Å². The van der Waals surface area contributed by atoms with Crippen LogP contribution in [0.3, 0.4) is 0 Å². The molecule has 0 spiro atoms. The van der Waals surface area contributed by atoms with Crippen LogP contribution in [0.2, 0.25) is 0 Å². The Bertz CT molecular complexity index is 773. The van der Waals surface area contributed by atoms with Crippen molar-refractivity contribution in [3.8, 4) is 0 Å². The van der Waals surface area contributed by atoms with E-state index in [4.69, 9.17) is 5.73 Å². The highest BCUT2D eigenvalue weighted by atomic mass is 32.2. The lowest BCUT2D eigenvalue weighted by atomic mass is 10.0. The number of fused-ring (bicyclic) bond motifs is 1. The highest BCUT2D eigenvalue weighted by Crippen LogP contribution is 2.41. The van der Waals surface area contributed by atoms with Crippen molar-refractivity contribution in [2.75, 3.05) is 12.8 Å². The van der Waals surface area contributed by atoms with Crippen LogP contribution in [0.25, 0.3) is 17.2 Å². The van der Waals surface area contributed by atoms with E-state index in [1.165, 1.54) is 11.0 Å². The highest BCUT2D eigenvalue weighted by Gasteiger charge is 2.23. The molecule has 3 rings (SSSR count). The zero-order chi connectivity index (χ0) is 15.7. The zero-order valence-corrected chi connectivity index (χ0v) is 13.5. The summed E-state index contributed by atoms with van der Waals surface area (Å²) in [6.07, 6.45) is 4.22. The van der Waals surface area contributed by atoms with Gasteiger partial charge in [-0.3, -0.25) is 0 Å². The van der Waals surface area contributed by atoms with Crippen LogP contribution in [0.15, 0.2) is 52.9 Å². The Hall–Kier alpha value is -1.84. The second-order valence-electron chi connectivity index (χ2n) is 5.33. The second kappa shape index (κ2) is 6.11. The molecule has 0 heterocycles. The number of benzene rings is 2. The van der Waals surface area contributed by atoms with Gasteiger partial charge in [0, 0.05) is 11.4 Å². The molecule has 0 bridgehead atoms. The summed E-state index contributed by atoms with van der Waals surface area (Å²) in [5.41, 5.74) is 12.3. The number of thioether (sulfide) groups is 1. The van der Waals surface area contributed by atoms with Crippen LogP contribution in [-0.2, 0) is 0 Å². The van der Waals surface area contributed by atoms with E-state index in [0.29, 0.717) is 6.54 Å². The van der Waals surface area contributed by atoms with Gasteiger partial charge in [0.25, 0.3) is 0 Å². The fourth-order valence-corrected chi connectivity index (χ4v) is 3.29. The number of hydrogen-bond donors (Lipinski definition) is 1. The van der Waals surface area contributed by atoms with Gasteiger partial charge in [-0.25, -0.2) is 4.39 Å². The Labute approximate surface area is 134 Å². The summed E-state index contributed by atoms with van der Waals surface area (Å²) < 4.78 is 13.6. The second-order valence-corrected chi connectivity index (χ2v) is 6.21. The molecule has 22 heavy (non-hydrogen) atoms. The maximum absolute atomic E-state index is 13.6. The molecule has 0 saturated carbocycles. The van der Waals surface area contributed by atoms with Crippen LogP contribution in [0.1, 0.15) is 23.6 Å². The number of hydrogen-bond acceptors (Lipinski definition) is 2. The summed E-state index contributed by atoms with van der Waals surface area (Å²) in [4.78, 5) is 1.24. The van der Waals surface area contributed by atoms with E-state index in [0.717, 1.165) is 33.4 Å². The van der Waals surface area contributed by atoms with Gasteiger partial charge in [-0.1, -0.05) is 18.2 Å². The molecule has 2 aromatic carbocycles. The molecule has 0 unspecified atom stereocenters. The smallest absolute Gasteiger partial charge is 0.123 e. The molecule has 0 saturated heterocycles. The first-order valence-electron chi connectivity index (χ1n) is 7.20. The van der Waals surface area contributed by atoms with E-state index in [2.05, 4.69) is 43.5 Å². The molecule has 1 nitrogen and oxygen atoms in total. The van der Waals surface area contributed by atoms with Gasteiger partial charge in [-0.15, -0.1) is 11.8 Å². The molecule has 0 aromatic heterocycles. The summed E-state index contributed by atoms with van der Waals surface area (Å²) in [6, 6.07) is 13.4. The fourth-order valence-electron chi connectivity index (χ4n) is 2.88. The minimum atomic E-state index is -0.219. The van der Waals surface area contributed by atoms with Crippen molar-refractivity contribution in [1.82, 2.24) is 0 Å². The fraction of sp³-hybridized carbons (Fsp3) is 0.158. The molecule has 2 aromatic rings. The first-order chi connectivity index (χ1) is 10.6.